The van der Waals surface area contributed by atoms with Crippen LogP contribution >= 0.6 is 11.6 Å². The van der Waals surface area contributed by atoms with E-state index in [1.807, 2.05) is 19.2 Å². The molecule has 8 nitrogen and oxygen atoms in total. The number of benzene rings is 2. The Morgan fingerprint density at radius 2 is 1.82 bits per heavy atom. The molecule has 0 aromatic heterocycles. The number of hydrogen-bond donors (Lipinski definition) is 2. The topological polar surface area (TPSA) is 97.0 Å². The summed E-state index contributed by atoms with van der Waals surface area (Å²) >= 11 is 5.86. The third kappa shape index (κ3) is 4.61. The second kappa shape index (κ2) is 8.44. The van der Waals surface area contributed by atoms with Crippen LogP contribution in [0.4, 0.5) is 11.4 Å². The number of nitro benzene ring substituents is 1. The van der Waals surface area contributed by atoms with E-state index in [1.54, 1.807) is 12.1 Å². The van der Waals surface area contributed by atoms with E-state index in [2.05, 4.69) is 5.32 Å². The molecule has 0 atom stereocenters. The van der Waals surface area contributed by atoms with Crippen LogP contribution in [-0.4, -0.2) is 50.9 Å². The zero-order valence-corrected chi connectivity index (χ0v) is 17.0. The molecule has 28 heavy (non-hydrogen) atoms. The number of sulfonamides is 1. The van der Waals surface area contributed by atoms with Crippen LogP contribution in [0.5, 0.6) is 0 Å². The highest BCUT2D eigenvalue weighted by atomic mass is 35.5. The molecule has 1 heterocycles. The van der Waals surface area contributed by atoms with Gasteiger partial charge in [0.25, 0.3) is 5.69 Å². The predicted octanol–water partition coefficient (Wildman–Crippen LogP) is 1.38. The number of nitrogens with zero attached hydrogens (tertiary/aromatic N) is 2. The minimum absolute atomic E-state index is 0.0594. The Hall–Kier alpha value is -2.20. The lowest BCUT2D eigenvalue weighted by molar-refractivity contribution is -0.883. The van der Waals surface area contributed by atoms with Gasteiger partial charge in [-0.15, -0.1) is 0 Å². The van der Waals surface area contributed by atoms with E-state index < -0.39 is 14.9 Å². The van der Waals surface area contributed by atoms with E-state index >= 15 is 0 Å². The van der Waals surface area contributed by atoms with Crippen molar-refractivity contribution in [3.05, 3.63) is 63.2 Å². The normalized spacial score (nSPS) is 16.1. The van der Waals surface area contributed by atoms with Crippen LogP contribution in [0.1, 0.15) is 5.56 Å². The molecular weight excluding hydrogens is 404 g/mol. The fourth-order valence-electron chi connectivity index (χ4n) is 3.03. The predicted molar refractivity (Wildman–Crippen MR) is 107 cm³/mol. The fourth-order valence-corrected chi connectivity index (χ4v) is 4.62. The molecule has 1 aliphatic rings. The molecule has 0 saturated carbocycles. The lowest BCUT2D eigenvalue weighted by Gasteiger charge is -2.29. The molecule has 1 fully saturated rings. The molecule has 0 bridgehead atoms. The standard InChI is InChI=1S/C18H21ClN4O4S/c1-21-8-10-22(11-9-21)28(26,27)16-6-7-17(18(12-16)23(24)25)20-13-14-2-4-15(19)5-3-14/h2-7,12,20H,8-11,13H2,1H3/p+1. The summed E-state index contributed by atoms with van der Waals surface area (Å²) in [7, 11) is -1.75. The number of hydrogen-bond acceptors (Lipinski definition) is 5. The van der Waals surface area contributed by atoms with Gasteiger partial charge in [-0.1, -0.05) is 23.7 Å². The van der Waals surface area contributed by atoms with Crippen molar-refractivity contribution in [2.75, 3.05) is 38.5 Å². The molecule has 0 spiro atoms. The zero-order chi connectivity index (χ0) is 20.3. The van der Waals surface area contributed by atoms with Gasteiger partial charge in [0.1, 0.15) is 5.69 Å². The monoisotopic (exact) mass is 425 g/mol. The summed E-state index contributed by atoms with van der Waals surface area (Å²) < 4.78 is 27.1. The van der Waals surface area contributed by atoms with E-state index in [4.69, 9.17) is 11.6 Å². The molecule has 10 heteroatoms. The van der Waals surface area contributed by atoms with E-state index in [9.17, 15) is 18.5 Å². The minimum Gasteiger partial charge on any atom is -0.375 e. The lowest BCUT2D eigenvalue weighted by atomic mass is 10.2. The first-order valence-electron chi connectivity index (χ1n) is 8.85. The van der Waals surface area contributed by atoms with Crippen LogP contribution in [0, 0.1) is 10.1 Å². The lowest BCUT2D eigenvalue weighted by Crippen LogP contribution is -3.12. The Labute approximate surface area is 168 Å². The fraction of sp³-hybridized carbons (Fsp3) is 0.333. The first-order valence-corrected chi connectivity index (χ1v) is 10.7. The van der Waals surface area contributed by atoms with Crippen LogP contribution in [0.3, 0.4) is 0 Å². The third-order valence-electron chi connectivity index (χ3n) is 4.78. The highest BCUT2D eigenvalue weighted by Gasteiger charge is 2.31. The minimum atomic E-state index is -3.76. The van der Waals surface area contributed by atoms with E-state index in [-0.39, 0.29) is 16.3 Å². The molecule has 1 saturated heterocycles. The van der Waals surface area contributed by atoms with Gasteiger partial charge in [0, 0.05) is 17.6 Å². The van der Waals surface area contributed by atoms with Crippen molar-refractivity contribution in [3.8, 4) is 0 Å². The number of halogens is 1. The Morgan fingerprint density at radius 1 is 1.18 bits per heavy atom. The highest BCUT2D eigenvalue weighted by Crippen LogP contribution is 2.29. The summed E-state index contributed by atoms with van der Waals surface area (Å²) in [6.45, 7) is 2.58. The number of nitrogens with one attached hydrogen (secondary N) is 2. The molecule has 2 aromatic rings. The molecule has 0 unspecified atom stereocenters. The Balaban J connectivity index is 1.82. The maximum atomic E-state index is 12.9. The smallest absolute Gasteiger partial charge is 0.293 e. The number of quaternary nitrogens is 1. The molecule has 0 amide bonds. The maximum Gasteiger partial charge on any atom is 0.293 e. The summed E-state index contributed by atoms with van der Waals surface area (Å²) in [4.78, 5) is 12.1. The van der Waals surface area contributed by atoms with E-state index in [1.165, 1.54) is 21.3 Å². The number of anilines is 1. The zero-order valence-electron chi connectivity index (χ0n) is 15.4. The van der Waals surface area contributed by atoms with Gasteiger partial charge in [-0.2, -0.15) is 4.31 Å². The van der Waals surface area contributed by atoms with Crippen LogP contribution < -0.4 is 10.2 Å². The van der Waals surface area contributed by atoms with Gasteiger partial charge >= 0.3 is 0 Å². The highest BCUT2D eigenvalue weighted by molar-refractivity contribution is 7.89. The summed E-state index contributed by atoms with van der Waals surface area (Å²) in [6.07, 6.45) is 0. The second-order valence-corrected chi connectivity index (χ2v) is 9.15. The van der Waals surface area contributed by atoms with E-state index in [0.29, 0.717) is 37.7 Å². The van der Waals surface area contributed by atoms with Crippen molar-refractivity contribution in [1.29, 1.82) is 0 Å². The summed E-state index contributed by atoms with van der Waals surface area (Å²) in [6, 6.07) is 11.1. The van der Waals surface area contributed by atoms with Gasteiger partial charge in [-0.05, 0) is 29.8 Å². The molecule has 3 rings (SSSR count). The second-order valence-electron chi connectivity index (χ2n) is 6.78. The average Bonchev–Trinajstić information content (AvgIpc) is 2.67. The first kappa shape index (κ1) is 20.5. The van der Waals surface area contributed by atoms with Crippen molar-refractivity contribution >= 4 is 33.0 Å². The summed E-state index contributed by atoms with van der Waals surface area (Å²) in [5.74, 6) is 0. The van der Waals surface area contributed by atoms with Gasteiger partial charge in [-0.25, -0.2) is 8.42 Å². The Bertz CT molecular complexity index is 958. The van der Waals surface area contributed by atoms with Gasteiger partial charge in [0.15, 0.2) is 0 Å². The van der Waals surface area contributed by atoms with Crippen molar-refractivity contribution in [3.63, 3.8) is 0 Å². The number of nitro groups is 1. The molecule has 2 aromatic carbocycles. The summed E-state index contributed by atoms with van der Waals surface area (Å²) in [5, 5.41) is 15.1. The molecule has 1 aliphatic heterocycles. The van der Waals surface area contributed by atoms with Gasteiger partial charge in [-0.3, -0.25) is 10.1 Å². The number of piperazine rings is 1. The average molecular weight is 426 g/mol. The molecule has 2 N–H and O–H groups in total. The maximum absolute atomic E-state index is 12.9. The van der Waals surface area contributed by atoms with Crippen LogP contribution in [0.2, 0.25) is 5.02 Å². The molecular formula is C18H22ClN4O4S+. The largest absolute Gasteiger partial charge is 0.375 e. The Morgan fingerprint density at radius 3 is 2.43 bits per heavy atom. The summed E-state index contributed by atoms with van der Waals surface area (Å²) in [5.41, 5.74) is 0.895. The van der Waals surface area contributed by atoms with Crippen LogP contribution in [0.15, 0.2) is 47.4 Å². The quantitative estimate of drug-likeness (QED) is 0.538. The molecule has 0 aliphatic carbocycles. The van der Waals surface area contributed by atoms with Gasteiger partial charge in [0.05, 0.1) is 43.0 Å². The Kier molecular flexibility index (Phi) is 6.19. The van der Waals surface area contributed by atoms with Crippen LogP contribution in [-0.2, 0) is 16.6 Å². The van der Waals surface area contributed by atoms with Crippen molar-refractivity contribution in [2.45, 2.75) is 11.4 Å². The SMILES string of the molecule is C[NH+]1CCN(S(=O)(=O)c2ccc(NCc3ccc(Cl)cc3)c([N+](=O)[O-])c2)CC1. The van der Waals surface area contributed by atoms with Crippen molar-refractivity contribution in [2.24, 2.45) is 0 Å². The van der Waals surface area contributed by atoms with Crippen LogP contribution in [0.25, 0.3) is 0 Å². The first-order chi connectivity index (χ1) is 13.3. The van der Waals surface area contributed by atoms with Crippen molar-refractivity contribution < 1.29 is 18.2 Å². The van der Waals surface area contributed by atoms with Gasteiger partial charge in [0.2, 0.25) is 10.0 Å². The molecule has 0 radical (unpaired) electrons. The van der Waals surface area contributed by atoms with Gasteiger partial charge < -0.3 is 10.2 Å². The molecule has 150 valence electrons. The third-order valence-corrected chi connectivity index (χ3v) is 6.92. The van der Waals surface area contributed by atoms with Crippen molar-refractivity contribution in [1.82, 2.24) is 4.31 Å². The van der Waals surface area contributed by atoms with E-state index in [0.717, 1.165) is 11.6 Å². The number of likely N-dealkylation sites (N-methyl/N-ethyl adjacent to an activating group) is 1. The number of rotatable bonds is 6.